The SMILES string of the molecule is O=C(Nc1ccn(-c2cnc(C(F)(F)F)nc2)n1)C1(c2ccccc2F)CC1. The van der Waals surface area contributed by atoms with E-state index in [1.165, 1.54) is 23.0 Å². The van der Waals surface area contributed by atoms with Crippen LogP contribution in [0.1, 0.15) is 24.2 Å². The normalized spacial score (nSPS) is 15.3. The smallest absolute Gasteiger partial charge is 0.308 e. The van der Waals surface area contributed by atoms with Crippen molar-refractivity contribution in [2.45, 2.75) is 24.4 Å². The quantitative estimate of drug-likeness (QED) is 0.691. The van der Waals surface area contributed by atoms with Crippen molar-refractivity contribution in [1.82, 2.24) is 19.7 Å². The predicted octanol–water partition coefficient (Wildman–Crippen LogP) is 3.49. The number of carbonyl (C=O) groups excluding carboxylic acids is 1. The molecule has 1 amide bonds. The molecule has 0 aliphatic heterocycles. The Hall–Kier alpha value is -3.30. The Bertz CT molecular complexity index is 1020. The van der Waals surface area contributed by atoms with Gasteiger partial charge in [-0.2, -0.15) is 13.2 Å². The molecule has 0 unspecified atom stereocenters. The fraction of sp³-hybridized carbons (Fsp3) is 0.222. The molecule has 0 radical (unpaired) electrons. The van der Waals surface area contributed by atoms with Crippen molar-refractivity contribution in [2.75, 3.05) is 5.32 Å². The number of hydrogen-bond acceptors (Lipinski definition) is 4. The Kier molecular flexibility index (Phi) is 4.13. The molecule has 2 heterocycles. The maximum atomic E-state index is 14.1. The molecule has 28 heavy (non-hydrogen) atoms. The average Bonchev–Trinajstić information content (AvgIpc) is 3.34. The molecule has 1 aromatic carbocycles. The zero-order valence-electron chi connectivity index (χ0n) is 14.2. The van der Waals surface area contributed by atoms with Gasteiger partial charge in [0.05, 0.1) is 17.8 Å². The van der Waals surface area contributed by atoms with Crippen LogP contribution in [0.5, 0.6) is 0 Å². The number of rotatable bonds is 4. The summed E-state index contributed by atoms with van der Waals surface area (Å²) < 4.78 is 52.9. The zero-order chi connectivity index (χ0) is 19.9. The molecule has 10 heteroatoms. The minimum absolute atomic E-state index is 0.188. The third kappa shape index (κ3) is 3.21. The number of alkyl halides is 3. The topological polar surface area (TPSA) is 72.7 Å². The number of anilines is 1. The summed E-state index contributed by atoms with van der Waals surface area (Å²) in [5.41, 5.74) is -0.390. The number of hydrogen-bond donors (Lipinski definition) is 1. The van der Waals surface area contributed by atoms with Crippen LogP contribution in [0.2, 0.25) is 0 Å². The van der Waals surface area contributed by atoms with Gasteiger partial charge < -0.3 is 5.32 Å². The lowest BCUT2D eigenvalue weighted by Crippen LogP contribution is -2.29. The highest BCUT2D eigenvalue weighted by Crippen LogP contribution is 2.49. The first-order valence-electron chi connectivity index (χ1n) is 8.31. The van der Waals surface area contributed by atoms with Crippen molar-refractivity contribution in [3.8, 4) is 5.69 Å². The molecule has 1 aliphatic rings. The Balaban J connectivity index is 1.51. The molecule has 2 aromatic heterocycles. The van der Waals surface area contributed by atoms with E-state index in [0.29, 0.717) is 18.4 Å². The van der Waals surface area contributed by atoms with E-state index in [9.17, 15) is 22.4 Å². The van der Waals surface area contributed by atoms with E-state index in [2.05, 4.69) is 20.4 Å². The summed E-state index contributed by atoms with van der Waals surface area (Å²) in [4.78, 5) is 19.2. The second kappa shape index (κ2) is 6.39. The number of halogens is 4. The molecule has 0 saturated heterocycles. The summed E-state index contributed by atoms with van der Waals surface area (Å²) in [6.45, 7) is 0. The molecular weight excluding hydrogens is 378 g/mol. The van der Waals surface area contributed by atoms with Crippen LogP contribution in [0.25, 0.3) is 5.69 Å². The molecule has 4 rings (SSSR count). The monoisotopic (exact) mass is 391 g/mol. The summed E-state index contributed by atoms with van der Waals surface area (Å²) in [5.74, 6) is -1.89. The summed E-state index contributed by atoms with van der Waals surface area (Å²) in [6.07, 6.45) is -0.177. The minimum atomic E-state index is -4.63. The molecule has 6 nitrogen and oxygen atoms in total. The van der Waals surface area contributed by atoms with E-state index < -0.39 is 23.2 Å². The molecule has 144 valence electrons. The van der Waals surface area contributed by atoms with Crippen LogP contribution in [0.4, 0.5) is 23.4 Å². The van der Waals surface area contributed by atoms with Crippen molar-refractivity contribution in [3.05, 3.63) is 66.1 Å². The lowest BCUT2D eigenvalue weighted by Gasteiger charge is -2.15. The fourth-order valence-corrected chi connectivity index (χ4v) is 2.95. The number of nitrogens with zero attached hydrogens (tertiary/aromatic N) is 4. The Morgan fingerprint density at radius 3 is 2.39 bits per heavy atom. The van der Waals surface area contributed by atoms with E-state index in [0.717, 1.165) is 12.4 Å². The first kappa shape index (κ1) is 18.1. The highest BCUT2D eigenvalue weighted by Gasteiger charge is 2.52. The van der Waals surface area contributed by atoms with Gasteiger partial charge in [0, 0.05) is 17.8 Å². The van der Waals surface area contributed by atoms with Crippen LogP contribution < -0.4 is 5.32 Å². The number of amides is 1. The minimum Gasteiger partial charge on any atom is -0.308 e. The Morgan fingerprint density at radius 1 is 1.11 bits per heavy atom. The van der Waals surface area contributed by atoms with Crippen molar-refractivity contribution in [3.63, 3.8) is 0 Å². The second-order valence-corrected chi connectivity index (χ2v) is 6.42. The number of carbonyl (C=O) groups is 1. The van der Waals surface area contributed by atoms with Crippen molar-refractivity contribution in [1.29, 1.82) is 0 Å². The van der Waals surface area contributed by atoms with Gasteiger partial charge in [0.2, 0.25) is 11.7 Å². The van der Waals surface area contributed by atoms with Crippen molar-refractivity contribution >= 4 is 11.7 Å². The third-order valence-electron chi connectivity index (χ3n) is 4.56. The zero-order valence-corrected chi connectivity index (χ0v) is 14.2. The summed E-state index contributed by atoms with van der Waals surface area (Å²) >= 11 is 0. The molecule has 1 aliphatic carbocycles. The molecule has 1 saturated carbocycles. The molecule has 3 aromatic rings. The van der Waals surface area contributed by atoms with Crippen LogP contribution in [0.3, 0.4) is 0 Å². The van der Waals surface area contributed by atoms with Gasteiger partial charge in [-0.25, -0.2) is 19.0 Å². The van der Waals surface area contributed by atoms with E-state index in [4.69, 9.17) is 0 Å². The lowest BCUT2D eigenvalue weighted by atomic mass is 9.94. The Labute approximate surface area is 156 Å². The fourth-order valence-electron chi connectivity index (χ4n) is 2.95. The number of nitrogens with one attached hydrogen (secondary N) is 1. The van der Waals surface area contributed by atoms with E-state index >= 15 is 0 Å². The molecular formula is C18H13F4N5O. The standard InChI is InChI=1S/C18H13F4N5O/c19-13-4-2-1-3-12(13)17(6-7-17)16(28)25-14-5-8-27(26-14)11-9-23-15(24-10-11)18(20,21)22/h1-5,8-10H,6-7H2,(H,25,26,28). The van der Waals surface area contributed by atoms with Gasteiger partial charge in [-0.05, 0) is 18.9 Å². The number of benzene rings is 1. The summed E-state index contributed by atoms with van der Waals surface area (Å²) in [5, 5.41) is 6.74. The predicted molar refractivity (Wildman–Crippen MR) is 90.1 cm³/mol. The molecule has 0 spiro atoms. The van der Waals surface area contributed by atoms with E-state index in [1.54, 1.807) is 18.2 Å². The second-order valence-electron chi connectivity index (χ2n) is 6.42. The number of aromatic nitrogens is 4. The third-order valence-corrected chi connectivity index (χ3v) is 4.56. The molecule has 1 fully saturated rings. The van der Waals surface area contributed by atoms with Gasteiger partial charge in [-0.15, -0.1) is 5.10 Å². The van der Waals surface area contributed by atoms with Crippen molar-refractivity contribution in [2.24, 2.45) is 0 Å². The van der Waals surface area contributed by atoms with Gasteiger partial charge in [0.25, 0.3) is 0 Å². The average molecular weight is 391 g/mol. The lowest BCUT2D eigenvalue weighted by molar-refractivity contribution is -0.145. The molecule has 1 N–H and O–H groups in total. The van der Waals surface area contributed by atoms with Crippen LogP contribution >= 0.6 is 0 Å². The first-order chi connectivity index (χ1) is 13.3. The summed E-state index contributed by atoms with van der Waals surface area (Å²) in [6, 6.07) is 7.60. The van der Waals surface area contributed by atoms with Crippen molar-refractivity contribution < 1.29 is 22.4 Å². The first-order valence-corrected chi connectivity index (χ1v) is 8.31. The largest absolute Gasteiger partial charge is 0.451 e. The van der Waals surface area contributed by atoms with E-state index in [1.807, 2.05) is 0 Å². The van der Waals surface area contributed by atoms with Gasteiger partial charge in [-0.1, -0.05) is 18.2 Å². The molecule has 0 atom stereocenters. The van der Waals surface area contributed by atoms with Gasteiger partial charge in [0.15, 0.2) is 5.82 Å². The maximum Gasteiger partial charge on any atom is 0.451 e. The van der Waals surface area contributed by atoms with Crippen LogP contribution in [-0.2, 0) is 16.4 Å². The van der Waals surface area contributed by atoms with E-state index in [-0.39, 0.29) is 17.4 Å². The van der Waals surface area contributed by atoms with Gasteiger partial charge in [-0.3, -0.25) is 4.79 Å². The van der Waals surface area contributed by atoms with Gasteiger partial charge >= 0.3 is 6.18 Å². The Morgan fingerprint density at radius 2 is 1.79 bits per heavy atom. The summed E-state index contributed by atoms with van der Waals surface area (Å²) in [7, 11) is 0. The van der Waals surface area contributed by atoms with Crippen LogP contribution in [-0.4, -0.2) is 25.7 Å². The molecule has 0 bridgehead atoms. The van der Waals surface area contributed by atoms with Crippen LogP contribution in [0.15, 0.2) is 48.9 Å². The highest BCUT2D eigenvalue weighted by molar-refractivity contribution is 6.00. The van der Waals surface area contributed by atoms with Gasteiger partial charge in [0.1, 0.15) is 11.5 Å². The van der Waals surface area contributed by atoms with Crippen LogP contribution in [0, 0.1) is 5.82 Å². The highest BCUT2D eigenvalue weighted by atomic mass is 19.4. The maximum absolute atomic E-state index is 14.1.